The largest absolute Gasteiger partial charge is 0.454 e. The molecule has 0 aliphatic carbocycles. The van der Waals surface area contributed by atoms with Crippen LogP contribution in [0.1, 0.15) is 5.56 Å². The van der Waals surface area contributed by atoms with Crippen LogP contribution in [0.25, 0.3) is 11.0 Å². The predicted molar refractivity (Wildman–Crippen MR) is 89.7 cm³/mol. The van der Waals surface area contributed by atoms with E-state index in [1.54, 1.807) is 30.3 Å². The minimum absolute atomic E-state index is 0.218. The number of nitrogens with zero attached hydrogens (tertiary/aromatic N) is 3. The summed E-state index contributed by atoms with van der Waals surface area (Å²) in [7, 11) is 0. The molecule has 0 spiro atoms. The number of carbonyl (C=O) groups excluding carboxylic acids is 1. The fourth-order valence-electron chi connectivity index (χ4n) is 2.18. The molecular weight excluding hydrogens is 330 g/mol. The van der Waals surface area contributed by atoms with Gasteiger partial charge in [0, 0.05) is 5.69 Å². The second-order valence-corrected chi connectivity index (χ2v) is 5.43. The number of nitrogens with one attached hydrogen (secondary N) is 2. The summed E-state index contributed by atoms with van der Waals surface area (Å²) >= 11 is 1.13. The van der Waals surface area contributed by atoms with Crippen LogP contribution in [0.3, 0.4) is 0 Å². The molecule has 3 aromatic rings. The van der Waals surface area contributed by atoms with Gasteiger partial charge in [0.2, 0.25) is 6.79 Å². The summed E-state index contributed by atoms with van der Waals surface area (Å²) in [5, 5.41) is 6.59. The number of aromatic nitrogens is 2. The molecule has 2 N–H and O–H groups in total. The van der Waals surface area contributed by atoms with E-state index in [1.165, 1.54) is 6.21 Å². The molecule has 0 atom stereocenters. The SMILES string of the molecule is O=C(N/N=C\c1ccc2c(c1)OCO2)Nc1ccc2nsnc2c1. The Morgan fingerprint density at radius 1 is 1.12 bits per heavy atom. The second-order valence-electron chi connectivity index (χ2n) is 4.90. The molecule has 9 heteroatoms. The molecule has 4 rings (SSSR count). The van der Waals surface area contributed by atoms with E-state index >= 15 is 0 Å². The van der Waals surface area contributed by atoms with Crippen molar-refractivity contribution in [2.24, 2.45) is 5.10 Å². The molecule has 0 fully saturated rings. The molecule has 1 aromatic heterocycles. The summed E-state index contributed by atoms with van der Waals surface area (Å²) in [5.74, 6) is 1.36. The molecule has 0 saturated heterocycles. The maximum Gasteiger partial charge on any atom is 0.339 e. The standard InChI is InChI=1S/C15H11N5O3S/c21-15(17-10-2-3-11-12(6-10)20-24-19-11)18-16-7-9-1-4-13-14(5-9)23-8-22-13/h1-7H,8H2,(H2,17,18,21)/b16-7-. The van der Waals surface area contributed by atoms with Gasteiger partial charge in [0.25, 0.3) is 0 Å². The average molecular weight is 341 g/mol. The fourth-order valence-corrected chi connectivity index (χ4v) is 2.70. The zero-order valence-corrected chi connectivity index (χ0v) is 13.0. The zero-order chi connectivity index (χ0) is 16.4. The molecular formula is C15H11N5O3S. The number of carbonyl (C=O) groups is 1. The van der Waals surface area contributed by atoms with Gasteiger partial charge in [-0.25, -0.2) is 10.2 Å². The molecule has 120 valence electrons. The molecule has 1 aliphatic rings. The third-order valence-corrected chi connectivity index (χ3v) is 3.84. The first-order valence-electron chi connectivity index (χ1n) is 7.00. The van der Waals surface area contributed by atoms with Gasteiger partial charge < -0.3 is 14.8 Å². The van der Waals surface area contributed by atoms with Crippen molar-refractivity contribution in [2.45, 2.75) is 0 Å². The first kappa shape index (κ1) is 14.4. The summed E-state index contributed by atoms with van der Waals surface area (Å²) < 4.78 is 18.7. The van der Waals surface area contributed by atoms with Gasteiger partial charge in [-0.3, -0.25) is 0 Å². The van der Waals surface area contributed by atoms with Gasteiger partial charge in [0.15, 0.2) is 11.5 Å². The highest BCUT2D eigenvalue weighted by Gasteiger charge is 2.12. The number of hydrazone groups is 1. The van der Waals surface area contributed by atoms with E-state index in [-0.39, 0.29) is 6.79 Å². The number of hydrogen-bond acceptors (Lipinski definition) is 7. The molecule has 24 heavy (non-hydrogen) atoms. The number of fused-ring (bicyclic) bond motifs is 2. The fraction of sp³-hybridized carbons (Fsp3) is 0.0667. The molecule has 1 aliphatic heterocycles. The van der Waals surface area contributed by atoms with Crippen molar-refractivity contribution in [3.8, 4) is 11.5 Å². The summed E-state index contributed by atoms with van der Waals surface area (Å²) in [5.41, 5.74) is 5.34. The maximum atomic E-state index is 11.9. The van der Waals surface area contributed by atoms with Crippen molar-refractivity contribution in [1.29, 1.82) is 0 Å². The highest BCUT2D eigenvalue weighted by molar-refractivity contribution is 7.00. The number of anilines is 1. The lowest BCUT2D eigenvalue weighted by Crippen LogP contribution is -2.24. The predicted octanol–water partition coefficient (Wildman–Crippen LogP) is 2.58. The lowest BCUT2D eigenvalue weighted by molar-refractivity contribution is 0.174. The molecule has 8 nitrogen and oxygen atoms in total. The summed E-state index contributed by atoms with van der Waals surface area (Å²) in [6.45, 7) is 0.218. The first-order valence-corrected chi connectivity index (χ1v) is 7.73. The van der Waals surface area contributed by atoms with Crippen molar-refractivity contribution >= 4 is 40.7 Å². The number of rotatable bonds is 3. The van der Waals surface area contributed by atoms with Crippen LogP contribution in [-0.4, -0.2) is 27.8 Å². The van der Waals surface area contributed by atoms with Gasteiger partial charge in [-0.1, -0.05) is 0 Å². The van der Waals surface area contributed by atoms with Crippen LogP contribution in [0, 0.1) is 0 Å². The Kier molecular flexibility index (Phi) is 3.67. The van der Waals surface area contributed by atoms with Crippen LogP contribution in [0.15, 0.2) is 41.5 Å². The topological polar surface area (TPSA) is 97.7 Å². The quantitative estimate of drug-likeness (QED) is 0.564. The van der Waals surface area contributed by atoms with Crippen molar-refractivity contribution in [1.82, 2.24) is 14.2 Å². The minimum atomic E-state index is -0.450. The van der Waals surface area contributed by atoms with Gasteiger partial charge >= 0.3 is 6.03 Å². The lowest BCUT2D eigenvalue weighted by atomic mass is 10.2. The molecule has 2 aromatic carbocycles. The zero-order valence-electron chi connectivity index (χ0n) is 12.2. The van der Waals surface area contributed by atoms with Crippen LogP contribution in [-0.2, 0) is 0 Å². The van der Waals surface area contributed by atoms with Gasteiger partial charge in [0.05, 0.1) is 17.9 Å². The van der Waals surface area contributed by atoms with E-state index in [4.69, 9.17) is 9.47 Å². The smallest absolute Gasteiger partial charge is 0.339 e. The van der Waals surface area contributed by atoms with Crippen LogP contribution >= 0.6 is 11.7 Å². The van der Waals surface area contributed by atoms with E-state index < -0.39 is 6.03 Å². The van der Waals surface area contributed by atoms with Crippen molar-refractivity contribution < 1.29 is 14.3 Å². The van der Waals surface area contributed by atoms with Gasteiger partial charge in [-0.2, -0.15) is 13.8 Å². The lowest BCUT2D eigenvalue weighted by Gasteiger charge is -2.03. The van der Waals surface area contributed by atoms with E-state index in [0.717, 1.165) is 28.3 Å². The molecule has 0 unspecified atom stereocenters. The maximum absolute atomic E-state index is 11.9. The normalized spacial score (nSPS) is 12.7. The molecule has 0 saturated carbocycles. The first-order chi connectivity index (χ1) is 11.8. The number of benzene rings is 2. The van der Waals surface area contributed by atoms with Crippen LogP contribution in [0.4, 0.5) is 10.5 Å². The molecule has 0 radical (unpaired) electrons. The van der Waals surface area contributed by atoms with Gasteiger partial charge in [0.1, 0.15) is 11.0 Å². The van der Waals surface area contributed by atoms with Crippen LogP contribution in [0.2, 0.25) is 0 Å². The molecule has 0 bridgehead atoms. The summed E-state index contributed by atoms with van der Waals surface area (Å²) in [6, 6.07) is 10.2. The van der Waals surface area contributed by atoms with Crippen molar-refractivity contribution in [3.63, 3.8) is 0 Å². The molecule has 2 amide bonds. The van der Waals surface area contributed by atoms with E-state index in [2.05, 4.69) is 24.6 Å². The second kappa shape index (κ2) is 6.13. The Morgan fingerprint density at radius 3 is 2.96 bits per heavy atom. The Labute approximate surface area is 140 Å². The highest BCUT2D eigenvalue weighted by Crippen LogP contribution is 2.31. The summed E-state index contributed by atoms with van der Waals surface area (Å²) in [6.07, 6.45) is 1.52. The van der Waals surface area contributed by atoms with Crippen molar-refractivity contribution in [2.75, 3.05) is 12.1 Å². The monoisotopic (exact) mass is 341 g/mol. The Morgan fingerprint density at radius 2 is 2.00 bits per heavy atom. The number of urea groups is 1. The average Bonchev–Trinajstić information content (AvgIpc) is 3.22. The third-order valence-electron chi connectivity index (χ3n) is 3.29. The van der Waals surface area contributed by atoms with Crippen molar-refractivity contribution in [3.05, 3.63) is 42.0 Å². The Balaban J connectivity index is 1.37. The Bertz CT molecular complexity index is 940. The number of hydrogen-bond donors (Lipinski definition) is 2. The third kappa shape index (κ3) is 2.97. The van der Waals surface area contributed by atoms with E-state index in [1.807, 2.05) is 6.07 Å². The number of ether oxygens (including phenoxy) is 2. The van der Waals surface area contributed by atoms with Gasteiger partial charge in [-0.15, -0.1) is 0 Å². The minimum Gasteiger partial charge on any atom is -0.454 e. The Hall–Kier alpha value is -3.20. The molecule has 2 heterocycles. The summed E-state index contributed by atoms with van der Waals surface area (Å²) in [4.78, 5) is 11.9. The highest BCUT2D eigenvalue weighted by atomic mass is 32.1. The van der Waals surface area contributed by atoms with E-state index in [9.17, 15) is 4.79 Å². The van der Waals surface area contributed by atoms with E-state index in [0.29, 0.717) is 17.2 Å². The van der Waals surface area contributed by atoms with Gasteiger partial charge in [-0.05, 0) is 42.0 Å². The number of amides is 2. The van der Waals surface area contributed by atoms with Crippen LogP contribution in [0.5, 0.6) is 11.5 Å². The van der Waals surface area contributed by atoms with Crippen LogP contribution < -0.4 is 20.2 Å².